The van der Waals surface area contributed by atoms with E-state index in [0.29, 0.717) is 11.3 Å². The molecule has 3 heteroatoms. The van der Waals surface area contributed by atoms with E-state index >= 15 is 0 Å². The molecular weight excluding hydrogens is 679 g/mol. The standard InChI is InChI=1S/C17H13.C15H14.C11H17.2ClH.Zr/c1-3-12-5-7-14-11-15-8-6-13(4-2)10-17(15)16(14)9-12;1-3-8-14(9-4-1)12-7-13-15-10-5-2-6-11-15;1-5-9-6-7-10(8-9)11(2,3)4;;;/h3-11H,1-2H2;1-6,8-11H,12-13H2;7-9H,5H2,1-4H3;2*1H;/q-1;;-1;;;+2/p-2. The molecule has 5 aromatic carbocycles. The molecule has 5 aromatic rings. The van der Waals surface area contributed by atoms with Crippen molar-refractivity contribution in [2.75, 3.05) is 0 Å². The summed E-state index contributed by atoms with van der Waals surface area (Å²) in [7, 11) is 0. The van der Waals surface area contributed by atoms with E-state index in [1.54, 1.807) is 27.4 Å². The van der Waals surface area contributed by atoms with Gasteiger partial charge >= 0.3 is 112 Å². The Hall–Kier alpha value is -2.96. The first-order valence-corrected chi connectivity index (χ1v) is 16.8. The van der Waals surface area contributed by atoms with Gasteiger partial charge in [0.05, 0.1) is 0 Å². The number of allylic oxidation sites excluding steroid dienone is 4. The molecule has 1 unspecified atom stereocenters. The summed E-state index contributed by atoms with van der Waals surface area (Å²) >= 11 is 1.55. The third-order valence-corrected chi connectivity index (χ3v) is 8.76. The summed E-state index contributed by atoms with van der Waals surface area (Å²) in [4.78, 5) is 0. The second kappa shape index (κ2) is 19.0. The molecule has 0 radical (unpaired) electrons. The monoisotopic (exact) mass is 720 g/mol. The van der Waals surface area contributed by atoms with Crippen LogP contribution >= 0.6 is 0 Å². The summed E-state index contributed by atoms with van der Waals surface area (Å²) < 4.78 is 1.60. The predicted molar refractivity (Wildman–Crippen MR) is 192 cm³/mol. The van der Waals surface area contributed by atoms with Gasteiger partial charge in [0.15, 0.2) is 0 Å². The maximum atomic E-state index is 3.82. The molecular formula is C43H44Cl2Zr-2. The van der Waals surface area contributed by atoms with Crippen LogP contribution in [-0.2, 0) is 37.1 Å². The predicted octanol–water partition coefficient (Wildman–Crippen LogP) is 5.55. The molecule has 0 fully saturated rings. The van der Waals surface area contributed by atoms with Crippen LogP contribution < -0.4 is 24.8 Å². The van der Waals surface area contributed by atoms with E-state index in [1.165, 1.54) is 44.7 Å². The fraction of sp³-hybridized carbons (Fsp3) is 0.209. The summed E-state index contributed by atoms with van der Waals surface area (Å²) in [5.74, 6) is 0.573. The summed E-state index contributed by atoms with van der Waals surface area (Å²) in [6.45, 7) is 16.6. The molecule has 1 aliphatic rings. The first-order valence-electron chi connectivity index (χ1n) is 15.5. The number of hydrogen-bond donors (Lipinski definition) is 0. The zero-order valence-electron chi connectivity index (χ0n) is 27.5. The summed E-state index contributed by atoms with van der Waals surface area (Å²) in [6.07, 6.45) is 15.0. The van der Waals surface area contributed by atoms with Gasteiger partial charge in [-0.1, -0.05) is 95.0 Å². The van der Waals surface area contributed by atoms with E-state index in [-0.39, 0.29) is 24.8 Å². The molecule has 1 atom stereocenters. The van der Waals surface area contributed by atoms with Gasteiger partial charge in [-0.05, 0) is 11.1 Å². The SMILES string of the molecule is C=Cc1ccc2[cH-]c3ccc(C=C)cc3c2c1.CCC1[C-]=CC(C(C)(C)C)=C1.[Cl-].[Cl-].[Zr+2]=[C](Cc1ccccc1)Cc1ccccc1. The first-order chi connectivity index (χ1) is 21.2. The second-order valence-corrected chi connectivity index (χ2v) is 14.1. The van der Waals surface area contributed by atoms with Crippen molar-refractivity contribution in [1.29, 1.82) is 0 Å². The molecule has 0 spiro atoms. The Kier molecular flexibility index (Phi) is 16.2. The summed E-state index contributed by atoms with van der Waals surface area (Å²) in [6, 6.07) is 36.5. The minimum absolute atomic E-state index is 0. The Morgan fingerprint density at radius 3 is 1.57 bits per heavy atom. The van der Waals surface area contributed by atoms with Gasteiger partial charge in [-0.2, -0.15) is 11.6 Å². The van der Waals surface area contributed by atoms with Crippen LogP contribution in [0.1, 0.15) is 56.4 Å². The Morgan fingerprint density at radius 2 is 1.22 bits per heavy atom. The number of fused-ring (bicyclic) bond motifs is 3. The van der Waals surface area contributed by atoms with Crippen LogP contribution in [0, 0.1) is 17.4 Å². The molecule has 0 nitrogen and oxygen atoms in total. The fourth-order valence-corrected chi connectivity index (χ4v) is 6.25. The van der Waals surface area contributed by atoms with Crippen LogP contribution in [0.3, 0.4) is 0 Å². The van der Waals surface area contributed by atoms with Crippen molar-refractivity contribution in [1.82, 2.24) is 0 Å². The van der Waals surface area contributed by atoms with E-state index in [0.717, 1.165) is 24.0 Å². The van der Waals surface area contributed by atoms with Crippen molar-refractivity contribution in [3.63, 3.8) is 0 Å². The zero-order chi connectivity index (χ0) is 31.5. The first kappa shape index (κ1) is 39.2. The Balaban J connectivity index is 0.000000241. The molecule has 0 aromatic heterocycles. The number of halogens is 2. The van der Waals surface area contributed by atoms with Crippen LogP contribution in [0.5, 0.6) is 0 Å². The molecule has 0 amide bonds. The topological polar surface area (TPSA) is 0 Å². The van der Waals surface area contributed by atoms with Gasteiger partial charge in [-0.3, -0.25) is 6.08 Å². The minimum atomic E-state index is 0. The molecule has 6 rings (SSSR count). The van der Waals surface area contributed by atoms with Crippen LogP contribution in [0.15, 0.2) is 134 Å². The van der Waals surface area contributed by atoms with Gasteiger partial charge in [0.25, 0.3) is 0 Å². The number of rotatable bonds is 7. The number of hydrogen-bond acceptors (Lipinski definition) is 0. The van der Waals surface area contributed by atoms with Crippen LogP contribution in [0.4, 0.5) is 0 Å². The average Bonchev–Trinajstić information content (AvgIpc) is 3.67. The van der Waals surface area contributed by atoms with Crippen molar-refractivity contribution in [2.45, 2.75) is 47.0 Å². The molecule has 1 aliphatic carbocycles. The van der Waals surface area contributed by atoms with Gasteiger partial charge in [0.1, 0.15) is 0 Å². The molecule has 0 aliphatic heterocycles. The van der Waals surface area contributed by atoms with E-state index in [2.05, 4.69) is 162 Å². The maximum absolute atomic E-state index is 3.82. The van der Waals surface area contributed by atoms with E-state index in [4.69, 9.17) is 0 Å². The molecule has 0 N–H and O–H groups in total. The third kappa shape index (κ3) is 11.4. The van der Waals surface area contributed by atoms with Crippen LogP contribution in [0.25, 0.3) is 33.7 Å². The normalized spacial score (nSPS) is 13.3. The van der Waals surface area contributed by atoms with Gasteiger partial charge in [-0.25, -0.2) is 6.08 Å². The Bertz CT molecular complexity index is 1660. The molecule has 0 bridgehead atoms. The van der Waals surface area contributed by atoms with Crippen molar-refractivity contribution >= 4 is 36.9 Å². The van der Waals surface area contributed by atoms with E-state index < -0.39 is 0 Å². The van der Waals surface area contributed by atoms with Gasteiger partial charge in [0, 0.05) is 0 Å². The quantitative estimate of drug-likeness (QED) is 0.194. The average molecular weight is 723 g/mol. The van der Waals surface area contributed by atoms with Crippen LogP contribution in [0.2, 0.25) is 0 Å². The van der Waals surface area contributed by atoms with E-state index in [9.17, 15) is 0 Å². The van der Waals surface area contributed by atoms with Crippen molar-refractivity contribution in [2.24, 2.45) is 11.3 Å². The third-order valence-electron chi connectivity index (χ3n) is 7.89. The fourth-order valence-electron chi connectivity index (χ4n) is 5.25. The summed E-state index contributed by atoms with van der Waals surface area (Å²) in [5, 5.41) is 5.15. The molecule has 236 valence electrons. The second-order valence-electron chi connectivity index (χ2n) is 12.4. The Morgan fingerprint density at radius 1 is 0.761 bits per heavy atom. The van der Waals surface area contributed by atoms with Crippen molar-refractivity contribution < 1.29 is 49.0 Å². The molecule has 46 heavy (non-hydrogen) atoms. The number of benzene rings is 4. The molecule has 0 heterocycles. The van der Waals surface area contributed by atoms with Crippen molar-refractivity contribution in [3.8, 4) is 0 Å². The summed E-state index contributed by atoms with van der Waals surface area (Å²) in [5.41, 5.74) is 6.90. The van der Waals surface area contributed by atoms with Crippen molar-refractivity contribution in [3.05, 3.63) is 162 Å². The molecule has 0 saturated carbocycles. The molecule has 0 saturated heterocycles. The Labute approximate surface area is 304 Å². The van der Waals surface area contributed by atoms with Gasteiger partial charge in [-0.15, -0.1) is 39.7 Å². The van der Waals surface area contributed by atoms with Gasteiger partial charge in [0.2, 0.25) is 0 Å². The van der Waals surface area contributed by atoms with Crippen LogP contribution in [-0.4, -0.2) is 3.21 Å². The van der Waals surface area contributed by atoms with Gasteiger partial charge < -0.3 is 24.8 Å². The van der Waals surface area contributed by atoms with E-state index in [1.807, 2.05) is 12.2 Å². The zero-order valence-corrected chi connectivity index (χ0v) is 31.5.